The van der Waals surface area contributed by atoms with Crippen molar-refractivity contribution in [2.24, 2.45) is 0 Å². The molecule has 2 heterocycles. The first-order valence-corrected chi connectivity index (χ1v) is 4.55. The summed E-state index contributed by atoms with van der Waals surface area (Å²) < 4.78 is 7.53. The van der Waals surface area contributed by atoms with Crippen molar-refractivity contribution >= 4 is 6.08 Å². The Morgan fingerprint density at radius 1 is 1.50 bits per heavy atom. The van der Waals surface area contributed by atoms with Gasteiger partial charge in [-0.05, 0) is 25.1 Å². The quantitative estimate of drug-likeness (QED) is 0.741. The summed E-state index contributed by atoms with van der Waals surface area (Å²) >= 11 is 0. The third-order valence-electron chi connectivity index (χ3n) is 1.91. The van der Waals surface area contributed by atoms with Gasteiger partial charge in [-0.3, -0.25) is 0 Å². The van der Waals surface area contributed by atoms with Gasteiger partial charge in [-0.1, -0.05) is 6.08 Å². The smallest absolute Gasteiger partial charge is 0.126 e. The van der Waals surface area contributed by atoms with Crippen LogP contribution in [0.4, 0.5) is 0 Å². The average molecular weight is 188 g/mol. The minimum Gasteiger partial charge on any atom is -0.460 e. The van der Waals surface area contributed by atoms with E-state index in [2.05, 4.69) is 4.98 Å². The number of aromatic nitrogens is 2. The maximum absolute atomic E-state index is 5.56. The van der Waals surface area contributed by atoms with Gasteiger partial charge in [-0.2, -0.15) is 0 Å². The SMILES string of the molecule is C/C=C/c1ccc(Cn2ccnc2)o1. The highest BCUT2D eigenvalue weighted by atomic mass is 16.3. The molecule has 72 valence electrons. The Morgan fingerprint density at radius 2 is 2.43 bits per heavy atom. The Kier molecular flexibility index (Phi) is 2.49. The number of hydrogen-bond acceptors (Lipinski definition) is 2. The molecule has 2 aromatic heterocycles. The lowest BCUT2D eigenvalue weighted by Crippen LogP contribution is -1.93. The van der Waals surface area contributed by atoms with Crippen molar-refractivity contribution in [1.29, 1.82) is 0 Å². The Labute approximate surface area is 82.7 Å². The first kappa shape index (κ1) is 8.81. The lowest BCUT2D eigenvalue weighted by Gasteiger charge is -1.96. The monoisotopic (exact) mass is 188 g/mol. The molecule has 0 fully saturated rings. The summed E-state index contributed by atoms with van der Waals surface area (Å²) in [6.45, 7) is 2.70. The summed E-state index contributed by atoms with van der Waals surface area (Å²) in [6, 6.07) is 3.95. The van der Waals surface area contributed by atoms with Gasteiger partial charge >= 0.3 is 0 Å². The maximum atomic E-state index is 5.56. The molecule has 0 aliphatic heterocycles. The van der Waals surface area contributed by atoms with Crippen molar-refractivity contribution in [2.45, 2.75) is 13.5 Å². The topological polar surface area (TPSA) is 31.0 Å². The Hall–Kier alpha value is -1.77. The Balaban J connectivity index is 2.10. The predicted molar refractivity (Wildman–Crippen MR) is 54.7 cm³/mol. The summed E-state index contributed by atoms with van der Waals surface area (Å²) in [5.74, 6) is 1.83. The number of nitrogens with zero attached hydrogens (tertiary/aromatic N) is 2. The second-order valence-corrected chi connectivity index (χ2v) is 3.04. The van der Waals surface area contributed by atoms with Gasteiger partial charge in [0, 0.05) is 12.4 Å². The van der Waals surface area contributed by atoms with Gasteiger partial charge in [-0.25, -0.2) is 4.98 Å². The summed E-state index contributed by atoms with van der Waals surface area (Å²) in [7, 11) is 0. The zero-order chi connectivity index (χ0) is 9.80. The molecule has 2 rings (SSSR count). The molecule has 2 aromatic rings. The molecule has 0 unspecified atom stereocenters. The molecule has 0 saturated heterocycles. The van der Waals surface area contributed by atoms with Crippen molar-refractivity contribution in [1.82, 2.24) is 9.55 Å². The fourth-order valence-corrected chi connectivity index (χ4v) is 1.29. The highest BCUT2D eigenvalue weighted by molar-refractivity contribution is 5.42. The third-order valence-corrected chi connectivity index (χ3v) is 1.91. The summed E-state index contributed by atoms with van der Waals surface area (Å²) in [5.41, 5.74) is 0. The minimum atomic E-state index is 0.734. The zero-order valence-electron chi connectivity index (χ0n) is 8.05. The van der Waals surface area contributed by atoms with Crippen molar-refractivity contribution in [3.05, 3.63) is 48.5 Å². The molecule has 0 bridgehead atoms. The first-order valence-electron chi connectivity index (χ1n) is 4.55. The molecule has 0 N–H and O–H groups in total. The van der Waals surface area contributed by atoms with Crippen molar-refractivity contribution in [3.8, 4) is 0 Å². The Bertz CT molecular complexity index is 412. The molecule has 0 aromatic carbocycles. The van der Waals surface area contributed by atoms with Gasteiger partial charge in [0.15, 0.2) is 0 Å². The van der Waals surface area contributed by atoms with Gasteiger partial charge in [0.1, 0.15) is 11.5 Å². The van der Waals surface area contributed by atoms with Crippen LogP contribution < -0.4 is 0 Å². The fourth-order valence-electron chi connectivity index (χ4n) is 1.29. The van der Waals surface area contributed by atoms with E-state index < -0.39 is 0 Å². The standard InChI is InChI=1S/C11H12N2O/c1-2-3-10-4-5-11(14-10)8-13-7-6-12-9-13/h2-7,9H,8H2,1H3/b3-2+. The lowest BCUT2D eigenvalue weighted by molar-refractivity contribution is 0.486. The molecule has 14 heavy (non-hydrogen) atoms. The lowest BCUT2D eigenvalue weighted by atomic mass is 10.4. The van der Waals surface area contributed by atoms with Gasteiger partial charge in [0.2, 0.25) is 0 Å². The van der Waals surface area contributed by atoms with Crippen LogP contribution in [-0.2, 0) is 6.54 Å². The molecular weight excluding hydrogens is 176 g/mol. The van der Waals surface area contributed by atoms with Crippen molar-refractivity contribution in [3.63, 3.8) is 0 Å². The van der Waals surface area contributed by atoms with E-state index in [1.54, 1.807) is 12.5 Å². The zero-order valence-corrected chi connectivity index (χ0v) is 8.05. The number of imidazole rings is 1. The molecule has 0 saturated carbocycles. The van der Waals surface area contributed by atoms with Crippen LogP contribution in [0.1, 0.15) is 18.4 Å². The summed E-state index contributed by atoms with van der Waals surface area (Å²) in [4.78, 5) is 3.97. The maximum Gasteiger partial charge on any atom is 0.126 e. The van der Waals surface area contributed by atoms with E-state index in [9.17, 15) is 0 Å². The van der Waals surface area contributed by atoms with Crippen molar-refractivity contribution < 1.29 is 4.42 Å². The van der Waals surface area contributed by atoms with Crippen LogP contribution in [0, 0.1) is 0 Å². The molecule has 0 spiro atoms. The third kappa shape index (κ3) is 1.93. The van der Waals surface area contributed by atoms with Gasteiger partial charge < -0.3 is 8.98 Å². The molecule has 3 heteroatoms. The van der Waals surface area contributed by atoms with Crippen LogP contribution >= 0.6 is 0 Å². The van der Waals surface area contributed by atoms with Crippen LogP contribution in [-0.4, -0.2) is 9.55 Å². The molecule has 0 amide bonds. The van der Waals surface area contributed by atoms with E-state index in [-0.39, 0.29) is 0 Å². The molecule has 0 aliphatic rings. The Morgan fingerprint density at radius 3 is 3.14 bits per heavy atom. The van der Waals surface area contributed by atoms with E-state index in [0.29, 0.717) is 0 Å². The van der Waals surface area contributed by atoms with Gasteiger partial charge in [-0.15, -0.1) is 0 Å². The van der Waals surface area contributed by atoms with E-state index in [1.165, 1.54) is 0 Å². The van der Waals surface area contributed by atoms with Crippen LogP contribution in [0.3, 0.4) is 0 Å². The van der Waals surface area contributed by atoms with Crippen molar-refractivity contribution in [2.75, 3.05) is 0 Å². The number of hydrogen-bond donors (Lipinski definition) is 0. The summed E-state index contributed by atoms with van der Waals surface area (Å²) in [5, 5.41) is 0. The van der Waals surface area contributed by atoms with E-state index in [4.69, 9.17) is 4.42 Å². The highest BCUT2D eigenvalue weighted by Gasteiger charge is 1.99. The van der Waals surface area contributed by atoms with E-state index in [0.717, 1.165) is 18.1 Å². The first-order chi connectivity index (χ1) is 6.88. The number of rotatable bonds is 3. The number of furan rings is 1. The van der Waals surface area contributed by atoms with Gasteiger partial charge in [0.25, 0.3) is 0 Å². The predicted octanol–water partition coefficient (Wildman–Crippen LogP) is 2.56. The van der Waals surface area contributed by atoms with Crippen LogP contribution in [0.15, 0.2) is 41.3 Å². The fraction of sp³-hybridized carbons (Fsp3) is 0.182. The largest absolute Gasteiger partial charge is 0.460 e. The van der Waals surface area contributed by atoms with Crippen LogP contribution in [0.5, 0.6) is 0 Å². The molecular formula is C11H12N2O. The normalized spacial score (nSPS) is 11.2. The summed E-state index contributed by atoms with van der Waals surface area (Å²) in [6.07, 6.45) is 9.35. The molecule has 0 aliphatic carbocycles. The average Bonchev–Trinajstić information content (AvgIpc) is 2.79. The van der Waals surface area contributed by atoms with E-state index >= 15 is 0 Å². The van der Waals surface area contributed by atoms with E-state index in [1.807, 2.05) is 42.0 Å². The molecule has 3 nitrogen and oxygen atoms in total. The molecule has 0 atom stereocenters. The second-order valence-electron chi connectivity index (χ2n) is 3.04. The van der Waals surface area contributed by atoms with Crippen LogP contribution in [0.2, 0.25) is 0 Å². The van der Waals surface area contributed by atoms with Crippen LogP contribution in [0.25, 0.3) is 6.08 Å². The highest BCUT2D eigenvalue weighted by Crippen LogP contribution is 2.10. The van der Waals surface area contributed by atoms with Gasteiger partial charge in [0.05, 0.1) is 12.9 Å². The molecule has 0 radical (unpaired) electrons. The second kappa shape index (κ2) is 3.96. The minimum absolute atomic E-state index is 0.734. The number of allylic oxidation sites excluding steroid dienone is 1.